The van der Waals surface area contributed by atoms with Gasteiger partial charge in [-0.05, 0) is 36.0 Å². The average molecular weight is 298 g/mol. The summed E-state index contributed by atoms with van der Waals surface area (Å²) in [6, 6.07) is 12.2. The summed E-state index contributed by atoms with van der Waals surface area (Å²) in [6.45, 7) is 7.29. The van der Waals surface area contributed by atoms with Gasteiger partial charge in [0.1, 0.15) is 5.75 Å². The van der Waals surface area contributed by atoms with Crippen LogP contribution >= 0.6 is 0 Å². The van der Waals surface area contributed by atoms with Gasteiger partial charge in [0.15, 0.2) is 0 Å². The van der Waals surface area contributed by atoms with Gasteiger partial charge in [-0.2, -0.15) is 0 Å². The van der Waals surface area contributed by atoms with Crippen LogP contribution in [-0.4, -0.2) is 11.8 Å². The van der Waals surface area contributed by atoms with Crippen LogP contribution in [0.1, 0.15) is 49.9 Å². The number of hydrogen-bond donors (Lipinski definition) is 1. The Kier molecular flexibility index (Phi) is 3.81. The van der Waals surface area contributed by atoms with Crippen LogP contribution < -0.4 is 9.47 Å². The first-order valence-corrected chi connectivity index (χ1v) is 7.95. The first kappa shape index (κ1) is 14.9. The number of fused-ring (bicyclic) bond motifs is 1. The van der Waals surface area contributed by atoms with Gasteiger partial charge in [-0.1, -0.05) is 32.9 Å². The fourth-order valence-corrected chi connectivity index (χ4v) is 3.20. The Balaban J connectivity index is 2.15. The number of benzene rings is 1. The highest BCUT2D eigenvalue weighted by Crippen LogP contribution is 2.43. The van der Waals surface area contributed by atoms with Gasteiger partial charge in [0.25, 0.3) is 0 Å². The van der Waals surface area contributed by atoms with E-state index in [4.69, 9.17) is 4.74 Å². The Morgan fingerprint density at radius 3 is 2.82 bits per heavy atom. The quantitative estimate of drug-likeness (QED) is 0.677. The molecule has 22 heavy (non-hydrogen) atoms. The highest BCUT2D eigenvalue weighted by atomic mass is 16.5. The van der Waals surface area contributed by atoms with Gasteiger partial charge in [-0.3, -0.25) is 5.21 Å². The monoisotopic (exact) mass is 298 g/mol. The largest absolute Gasteiger partial charge is 0.493 e. The van der Waals surface area contributed by atoms with Crippen molar-refractivity contribution in [2.45, 2.75) is 39.5 Å². The molecule has 0 saturated carbocycles. The van der Waals surface area contributed by atoms with E-state index in [0.29, 0.717) is 6.61 Å². The molecule has 0 bridgehead atoms. The summed E-state index contributed by atoms with van der Waals surface area (Å²) in [6.07, 6.45) is 3.63. The smallest absolute Gasteiger partial charge is 0.241 e. The fraction of sp³-hybridized carbons (Fsp3) is 0.421. The van der Waals surface area contributed by atoms with Crippen LogP contribution in [0.3, 0.4) is 0 Å². The topological polar surface area (TPSA) is 33.3 Å². The van der Waals surface area contributed by atoms with E-state index in [0.717, 1.165) is 24.3 Å². The van der Waals surface area contributed by atoms with Crippen molar-refractivity contribution >= 4 is 0 Å². The van der Waals surface area contributed by atoms with Gasteiger partial charge >= 0.3 is 0 Å². The summed E-state index contributed by atoms with van der Waals surface area (Å²) < 4.78 is 7.31. The number of nitrogens with zero attached hydrogens (tertiary/aromatic N) is 1. The second-order valence-electron chi connectivity index (χ2n) is 6.91. The Hall–Kier alpha value is -2.03. The van der Waals surface area contributed by atoms with Crippen LogP contribution in [0, 0.1) is 5.41 Å². The van der Waals surface area contributed by atoms with Crippen molar-refractivity contribution in [3.63, 3.8) is 0 Å². The van der Waals surface area contributed by atoms with Crippen molar-refractivity contribution in [2.24, 2.45) is 5.41 Å². The highest BCUT2D eigenvalue weighted by molar-refractivity contribution is 5.43. The normalized spacial score (nSPS) is 19.9. The predicted octanol–water partition coefficient (Wildman–Crippen LogP) is 3.71. The molecule has 2 aromatic rings. The van der Waals surface area contributed by atoms with Crippen LogP contribution in [-0.2, 0) is 6.42 Å². The minimum Gasteiger partial charge on any atom is -0.493 e. The molecule has 1 aliphatic heterocycles. The minimum atomic E-state index is 0.0545. The van der Waals surface area contributed by atoms with Gasteiger partial charge < -0.3 is 4.74 Å². The summed E-state index contributed by atoms with van der Waals surface area (Å²) in [7, 11) is 0. The van der Waals surface area contributed by atoms with E-state index >= 15 is 0 Å². The molecule has 2 heterocycles. The van der Waals surface area contributed by atoms with Gasteiger partial charge in [0.05, 0.1) is 12.5 Å². The molecule has 0 fully saturated rings. The number of rotatable bonds is 2. The molecule has 1 N–H and O–H groups in total. The lowest BCUT2D eigenvalue weighted by Gasteiger charge is -2.23. The summed E-state index contributed by atoms with van der Waals surface area (Å²) in [5.74, 6) is 1.07. The van der Waals surface area contributed by atoms with E-state index in [2.05, 4.69) is 39.0 Å². The number of aryl methyl sites for hydroxylation is 1. The van der Waals surface area contributed by atoms with Crippen molar-refractivity contribution in [1.82, 2.24) is 0 Å². The van der Waals surface area contributed by atoms with Gasteiger partial charge in [0, 0.05) is 22.4 Å². The lowest BCUT2D eigenvalue weighted by Crippen LogP contribution is -2.37. The van der Waals surface area contributed by atoms with Crippen molar-refractivity contribution in [2.75, 3.05) is 6.61 Å². The van der Waals surface area contributed by atoms with Crippen LogP contribution in [0.4, 0.5) is 0 Å². The number of pyridine rings is 1. The van der Waals surface area contributed by atoms with Gasteiger partial charge in [0.2, 0.25) is 11.9 Å². The first-order chi connectivity index (χ1) is 10.5. The molecular weight excluding hydrogens is 274 g/mol. The number of ether oxygens (including phenoxy) is 1. The number of aromatic nitrogens is 1. The van der Waals surface area contributed by atoms with E-state index < -0.39 is 0 Å². The van der Waals surface area contributed by atoms with Crippen LogP contribution in [0.5, 0.6) is 5.75 Å². The summed E-state index contributed by atoms with van der Waals surface area (Å²) in [5.41, 5.74) is 3.45. The van der Waals surface area contributed by atoms with Crippen molar-refractivity contribution in [3.8, 4) is 5.75 Å². The Labute approximate surface area is 132 Å². The summed E-state index contributed by atoms with van der Waals surface area (Å²) >= 11 is 0. The molecule has 3 rings (SSSR count). The van der Waals surface area contributed by atoms with Gasteiger partial charge in [-0.25, -0.2) is 0 Å². The second kappa shape index (κ2) is 5.64. The average Bonchev–Trinajstić information content (AvgIpc) is 2.64. The zero-order valence-electron chi connectivity index (χ0n) is 13.5. The molecule has 0 saturated heterocycles. The van der Waals surface area contributed by atoms with Crippen LogP contribution in [0.15, 0.2) is 42.6 Å². The maximum Gasteiger partial charge on any atom is 0.241 e. The molecule has 1 aliphatic rings. The van der Waals surface area contributed by atoms with Crippen molar-refractivity contribution < 1.29 is 14.7 Å². The lowest BCUT2D eigenvalue weighted by atomic mass is 9.79. The molecule has 3 heteroatoms. The van der Waals surface area contributed by atoms with E-state index in [1.54, 1.807) is 6.20 Å². The molecule has 3 nitrogen and oxygen atoms in total. The molecule has 0 aliphatic carbocycles. The third kappa shape index (κ3) is 2.80. The fourth-order valence-electron chi connectivity index (χ4n) is 3.20. The van der Waals surface area contributed by atoms with E-state index in [-0.39, 0.29) is 11.3 Å². The first-order valence-electron chi connectivity index (χ1n) is 7.95. The molecule has 1 aromatic heterocycles. The molecule has 1 atom stereocenters. The molecule has 0 amide bonds. The van der Waals surface area contributed by atoms with Gasteiger partial charge in [-0.15, -0.1) is 0 Å². The Morgan fingerprint density at radius 1 is 1.27 bits per heavy atom. The number of hydrogen-bond acceptors (Lipinski definition) is 2. The third-order valence-electron chi connectivity index (χ3n) is 4.46. The molecule has 1 unspecified atom stereocenters. The lowest BCUT2D eigenvalue weighted by molar-refractivity contribution is -0.910. The molecule has 0 spiro atoms. The van der Waals surface area contributed by atoms with E-state index in [9.17, 15) is 5.21 Å². The standard InChI is InChI=1S/C19H24NO2/c1-4-14-8-9-18-15(11-14)16(12-19(2,3)13-22-18)17-7-5-6-10-20(17)21/h5-11,16,21H,4,12-13H2,1-3H3/q+1. The zero-order chi connectivity index (χ0) is 15.7. The van der Waals surface area contributed by atoms with E-state index in [1.165, 1.54) is 15.9 Å². The summed E-state index contributed by atoms with van der Waals surface area (Å²) in [5, 5.41) is 10.3. The highest BCUT2D eigenvalue weighted by Gasteiger charge is 2.36. The SMILES string of the molecule is CCc1ccc2c(c1)C(c1cccc[n+]1O)CC(C)(C)CO2. The Bertz CT molecular complexity index is 679. The third-order valence-corrected chi connectivity index (χ3v) is 4.46. The molecular formula is C19H24NO2+. The van der Waals surface area contributed by atoms with Crippen molar-refractivity contribution in [3.05, 3.63) is 59.4 Å². The van der Waals surface area contributed by atoms with E-state index in [1.807, 2.05) is 18.2 Å². The summed E-state index contributed by atoms with van der Waals surface area (Å²) in [4.78, 5) is 0. The maximum atomic E-state index is 10.3. The van der Waals surface area contributed by atoms with Crippen molar-refractivity contribution in [1.29, 1.82) is 0 Å². The predicted molar refractivity (Wildman–Crippen MR) is 85.4 cm³/mol. The van der Waals surface area contributed by atoms with Crippen LogP contribution in [0.25, 0.3) is 0 Å². The molecule has 0 radical (unpaired) electrons. The minimum absolute atomic E-state index is 0.0545. The van der Waals surface area contributed by atoms with Crippen LogP contribution in [0.2, 0.25) is 0 Å². The Morgan fingerprint density at radius 2 is 2.09 bits per heavy atom. The molecule has 1 aromatic carbocycles. The zero-order valence-corrected chi connectivity index (χ0v) is 13.5. The molecule has 116 valence electrons. The maximum absolute atomic E-state index is 10.3. The second-order valence-corrected chi connectivity index (χ2v) is 6.91.